The number of fused-ring (bicyclic) bond motifs is 1. The van der Waals surface area contributed by atoms with Gasteiger partial charge in [0, 0.05) is 22.8 Å². The van der Waals surface area contributed by atoms with Crippen molar-refractivity contribution in [3.63, 3.8) is 0 Å². The molecule has 3 aliphatic carbocycles. The monoisotopic (exact) mass is 400 g/mol. The van der Waals surface area contributed by atoms with Gasteiger partial charge in [-0.25, -0.2) is 4.98 Å². The molecular formula is C20H21ClN4O3. The molecule has 2 N–H and O–H groups in total. The van der Waals surface area contributed by atoms with Crippen LogP contribution in [-0.4, -0.2) is 40.0 Å². The summed E-state index contributed by atoms with van der Waals surface area (Å²) in [5, 5.41) is 6.73. The van der Waals surface area contributed by atoms with E-state index in [0.717, 1.165) is 25.0 Å². The lowest BCUT2D eigenvalue weighted by Gasteiger charge is -2.38. The number of hydrogen-bond acceptors (Lipinski definition) is 5. The molecule has 2 bridgehead atoms. The lowest BCUT2D eigenvalue weighted by atomic mass is 9.76. The highest BCUT2D eigenvalue weighted by atomic mass is 35.5. The van der Waals surface area contributed by atoms with Crippen molar-refractivity contribution in [2.45, 2.75) is 37.8 Å². The van der Waals surface area contributed by atoms with Crippen molar-refractivity contribution in [3.05, 3.63) is 53.1 Å². The van der Waals surface area contributed by atoms with E-state index < -0.39 is 0 Å². The summed E-state index contributed by atoms with van der Waals surface area (Å²) in [5.41, 5.74) is 0.818. The molecule has 0 unspecified atom stereocenters. The summed E-state index contributed by atoms with van der Waals surface area (Å²) in [7, 11) is 0. The van der Waals surface area contributed by atoms with E-state index in [1.165, 1.54) is 6.20 Å². The van der Waals surface area contributed by atoms with Crippen molar-refractivity contribution in [1.82, 2.24) is 20.6 Å². The van der Waals surface area contributed by atoms with E-state index in [9.17, 15) is 9.59 Å². The zero-order valence-corrected chi connectivity index (χ0v) is 16.2. The minimum atomic E-state index is -0.261. The molecule has 3 fully saturated rings. The smallest absolute Gasteiger partial charge is 0.271 e. The molecule has 3 saturated carbocycles. The van der Waals surface area contributed by atoms with E-state index >= 15 is 0 Å². The van der Waals surface area contributed by atoms with Crippen LogP contribution < -0.4 is 15.4 Å². The topological polar surface area (TPSA) is 93.2 Å². The predicted octanol–water partition coefficient (Wildman–Crippen LogP) is 2.28. The van der Waals surface area contributed by atoms with Gasteiger partial charge >= 0.3 is 0 Å². The van der Waals surface area contributed by atoms with Crippen LogP contribution in [0.15, 0.2) is 36.7 Å². The van der Waals surface area contributed by atoms with E-state index in [1.807, 2.05) is 6.92 Å². The first-order valence-corrected chi connectivity index (χ1v) is 9.59. The Morgan fingerprint density at radius 3 is 2.61 bits per heavy atom. The zero-order chi connectivity index (χ0) is 19.7. The minimum Gasteiger partial charge on any atom is -0.484 e. The van der Waals surface area contributed by atoms with Crippen LogP contribution in [0.3, 0.4) is 0 Å². The molecule has 7 nitrogen and oxygen atoms in total. The highest BCUT2D eigenvalue weighted by molar-refractivity contribution is 6.30. The third-order valence-corrected chi connectivity index (χ3v) is 5.66. The first kappa shape index (κ1) is 18.7. The van der Waals surface area contributed by atoms with Gasteiger partial charge in [-0.2, -0.15) is 0 Å². The number of aromatic nitrogens is 2. The molecule has 8 heteroatoms. The van der Waals surface area contributed by atoms with Crippen molar-refractivity contribution >= 4 is 23.4 Å². The maximum atomic E-state index is 12.4. The van der Waals surface area contributed by atoms with Crippen molar-refractivity contribution in [2.24, 2.45) is 5.92 Å². The number of carbonyl (C=O) groups excluding carboxylic acids is 2. The second-order valence-corrected chi connectivity index (χ2v) is 8.00. The Kier molecular flexibility index (Phi) is 4.93. The molecule has 0 aliphatic heterocycles. The first-order valence-electron chi connectivity index (χ1n) is 9.21. The highest BCUT2D eigenvalue weighted by Crippen LogP contribution is 2.52. The van der Waals surface area contributed by atoms with Crippen LogP contribution in [0.25, 0.3) is 0 Å². The average Bonchev–Trinajstić information content (AvgIpc) is 3.15. The van der Waals surface area contributed by atoms with Gasteiger partial charge in [-0.3, -0.25) is 14.6 Å². The summed E-state index contributed by atoms with van der Waals surface area (Å²) in [4.78, 5) is 32.9. The van der Waals surface area contributed by atoms with E-state index in [0.29, 0.717) is 22.4 Å². The number of nitrogens with one attached hydrogen (secondary N) is 2. The Labute approximate surface area is 167 Å². The van der Waals surface area contributed by atoms with E-state index in [4.69, 9.17) is 16.3 Å². The van der Waals surface area contributed by atoms with Crippen LogP contribution in [0, 0.1) is 12.8 Å². The number of rotatable bonds is 6. The van der Waals surface area contributed by atoms with Crippen LogP contribution in [-0.2, 0) is 4.79 Å². The molecule has 28 heavy (non-hydrogen) atoms. The molecule has 3 aliphatic rings. The number of carbonyl (C=O) groups is 2. The number of nitrogens with zero attached hydrogens (tertiary/aromatic N) is 2. The number of benzene rings is 1. The maximum absolute atomic E-state index is 12.4. The standard InChI is InChI=1S/C20H21ClN4O3/c1-12-9-23-17(10-22-12)19(27)25-20-6-13(7-20)16(8-20)24-18(26)11-28-15-4-2-14(21)3-5-15/h2-5,9-10,13,16H,6-8,11H2,1H3,(H,24,26)(H,25,27)/t13?,16-,20?/m0/s1. The van der Waals surface area contributed by atoms with Crippen LogP contribution in [0.4, 0.5) is 0 Å². The second-order valence-electron chi connectivity index (χ2n) is 7.57. The summed E-state index contributed by atoms with van der Waals surface area (Å²) >= 11 is 5.83. The average molecular weight is 401 g/mol. The van der Waals surface area contributed by atoms with E-state index in [1.54, 1.807) is 30.5 Å². The van der Waals surface area contributed by atoms with Gasteiger partial charge in [-0.05, 0) is 56.4 Å². The van der Waals surface area contributed by atoms with Crippen molar-refractivity contribution in [3.8, 4) is 5.75 Å². The van der Waals surface area contributed by atoms with Gasteiger partial charge in [-0.1, -0.05) is 11.6 Å². The Balaban J connectivity index is 1.27. The van der Waals surface area contributed by atoms with Gasteiger partial charge in [0.05, 0.1) is 11.9 Å². The molecule has 1 atom stereocenters. The molecule has 146 valence electrons. The lowest BCUT2D eigenvalue weighted by Crippen LogP contribution is -2.52. The van der Waals surface area contributed by atoms with Gasteiger partial charge in [0.15, 0.2) is 6.61 Å². The summed E-state index contributed by atoms with van der Waals surface area (Å²) in [6, 6.07) is 6.92. The largest absolute Gasteiger partial charge is 0.484 e. The summed E-state index contributed by atoms with van der Waals surface area (Å²) in [5.74, 6) is 0.587. The lowest BCUT2D eigenvalue weighted by molar-refractivity contribution is -0.124. The van der Waals surface area contributed by atoms with Crippen molar-refractivity contribution in [2.75, 3.05) is 6.61 Å². The maximum Gasteiger partial charge on any atom is 0.271 e. The minimum absolute atomic E-state index is 0.0470. The summed E-state index contributed by atoms with van der Waals surface area (Å²) < 4.78 is 5.48. The van der Waals surface area contributed by atoms with Gasteiger partial charge < -0.3 is 15.4 Å². The van der Waals surface area contributed by atoms with Crippen LogP contribution in [0.2, 0.25) is 5.02 Å². The van der Waals surface area contributed by atoms with Crippen molar-refractivity contribution < 1.29 is 14.3 Å². The number of amides is 2. The van der Waals surface area contributed by atoms with Crippen LogP contribution in [0.5, 0.6) is 5.75 Å². The third kappa shape index (κ3) is 3.94. The molecule has 1 aromatic heterocycles. The number of halogens is 1. The Morgan fingerprint density at radius 2 is 1.93 bits per heavy atom. The number of hydrogen-bond donors (Lipinski definition) is 2. The fourth-order valence-electron chi connectivity index (χ4n) is 4.05. The quantitative estimate of drug-likeness (QED) is 0.776. The fourth-order valence-corrected chi connectivity index (χ4v) is 4.17. The van der Waals surface area contributed by atoms with Gasteiger partial charge in [0.25, 0.3) is 11.8 Å². The Morgan fingerprint density at radius 1 is 1.18 bits per heavy atom. The van der Waals surface area contributed by atoms with Gasteiger partial charge in [0.2, 0.25) is 0 Å². The van der Waals surface area contributed by atoms with Crippen LogP contribution >= 0.6 is 11.6 Å². The van der Waals surface area contributed by atoms with Crippen LogP contribution in [0.1, 0.15) is 35.4 Å². The molecule has 1 heterocycles. The fraction of sp³-hybridized carbons (Fsp3) is 0.400. The summed E-state index contributed by atoms with van der Waals surface area (Å²) in [6.07, 6.45) is 5.51. The molecule has 0 spiro atoms. The molecule has 2 aromatic rings. The molecular weight excluding hydrogens is 380 g/mol. The third-order valence-electron chi connectivity index (χ3n) is 5.41. The van der Waals surface area contributed by atoms with Gasteiger partial charge in [0.1, 0.15) is 11.4 Å². The Bertz CT molecular complexity index is 879. The number of aryl methyl sites for hydroxylation is 1. The summed E-state index contributed by atoms with van der Waals surface area (Å²) in [6.45, 7) is 1.77. The van der Waals surface area contributed by atoms with Gasteiger partial charge in [-0.15, -0.1) is 0 Å². The number of ether oxygens (including phenoxy) is 1. The zero-order valence-electron chi connectivity index (χ0n) is 15.4. The predicted molar refractivity (Wildman–Crippen MR) is 103 cm³/mol. The molecule has 0 radical (unpaired) electrons. The van der Waals surface area contributed by atoms with E-state index in [-0.39, 0.29) is 30.0 Å². The van der Waals surface area contributed by atoms with Crippen molar-refractivity contribution in [1.29, 1.82) is 0 Å². The normalized spacial score (nSPS) is 24.9. The molecule has 1 aromatic carbocycles. The molecule has 2 amide bonds. The second kappa shape index (κ2) is 7.39. The molecule has 0 saturated heterocycles. The first-order chi connectivity index (χ1) is 13.4. The SMILES string of the molecule is Cc1cnc(C(=O)NC23CC(C2)[C@@H](NC(=O)COc2ccc(Cl)cc2)C3)cn1. The molecule has 5 rings (SSSR count). The highest BCUT2D eigenvalue weighted by Gasteiger charge is 2.57. The Hall–Kier alpha value is -2.67. The van der Waals surface area contributed by atoms with E-state index in [2.05, 4.69) is 20.6 Å².